The van der Waals surface area contributed by atoms with E-state index in [1.807, 2.05) is 38.2 Å². The minimum Gasteiger partial charge on any atom is -0.350 e. The number of aromatic nitrogens is 2. The molecule has 26 heavy (non-hydrogen) atoms. The molecule has 3 aromatic rings. The fourth-order valence-corrected chi connectivity index (χ4v) is 2.95. The molecule has 0 spiro atoms. The summed E-state index contributed by atoms with van der Waals surface area (Å²) in [6.07, 6.45) is 0. The van der Waals surface area contributed by atoms with Gasteiger partial charge in [-0.05, 0) is 38.5 Å². The highest BCUT2D eigenvalue weighted by Crippen LogP contribution is 2.26. The van der Waals surface area contributed by atoms with Gasteiger partial charge < -0.3 is 9.80 Å². The third kappa shape index (κ3) is 4.20. The molecule has 3 rings (SSSR count). The molecule has 0 atom stereocenters. The van der Waals surface area contributed by atoms with E-state index in [0.717, 1.165) is 29.7 Å². The highest BCUT2D eigenvalue weighted by Gasteiger charge is 2.16. The molecular weight excluding hydrogens is 320 g/mol. The molecule has 0 unspecified atom stereocenters. The highest BCUT2D eigenvalue weighted by atomic mass is 15.2. The number of para-hydroxylation sites is 1. The maximum Gasteiger partial charge on any atom is 0.138 e. The van der Waals surface area contributed by atoms with Crippen molar-refractivity contribution in [2.24, 2.45) is 0 Å². The standard InChI is InChI=1S/C22H26N4/c1-17(2)26(16-19-11-7-5-8-12-19)22-15-21(23-18(3)24-22)25(4)20-13-9-6-10-14-20/h5-15,17H,16H2,1-4H3. The quantitative estimate of drug-likeness (QED) is 0.631. The van der Waals surface area contributed by atoms with Gasteiger partial charge in [-0.3, -0.25) is 0 Å². The van der Waals surface area contributed by atoms with Gasteiger partial charge in [0.1, 0.15) is 17.5 Å². The minimum atomic E-state index is 0.333. The van der Waals surface area contributed by atoms with Crippen LogP contribution in [0.5, 0.6) is 0 Å². The van der Waals surface area contributed by atoms with E-state index in [4.69, 9.17) is 4.98 Å². The Morgan fingerprint density at radius 2 is 1.42 bits per heavy atom. The van der Waals surface area contributed by atoms with E-state index in [1.54, 1.807) is 0 Å². The van der Waals surface area contributed by atoms with Crippen LogP contribution in [0, 0.1) is 6.92 Å². The first-order chi connectivity index (χ1) is 12.5. The molecule has 0 saturated heterocycles. The van der Waals surface area contributed by atoms with Crippen LogP contribution in [0.15, 0.2) is 66.7 Å². The fourth-order valence-electron chi connectivity index (χ4n) is 2.95. The van der Waals surface area contributed by atoms with Gasteiger partial charge in [-0.25, -0.2) is 9.97 Å². The third-order valence-electron chi connectivity index (χ3n) is 4.41. The number of anilines is 3. The van der Waals surface area contributed by atoms with E-state index < -0.39 is 0 Å². The van der Waals surface area contributed by atoms with Crippen molar-refractivity contribution >= 4 is 17.3 Å². The lowest BCUT2D eigenvalue weighted by Gasteiger charge is -2.29. The maximum absolute atomic E-state index is 4.72. The van der Waals surface area contributed by atoms with Crippen molar-refractivity contribution in [3.8, 4) is 0 Å². The summed E-state index contributed by atoms with van der Waals surface area (Å²) in [5.74, 6) is 2.63. The van der Waals surface area contributed by atoms with Crippen molar-refractivity contribution < 1.29 is 0 Å². The van der Waals surface area contributed by atoms with Gasteiger partial charge in [0.15, 0.2) is 0 Å². The van der Waals surface area contributed by atoms with Crippen LogP contribution in [0.2, 0.25) is 0 Å². The number of benzene rings is 2. The molecule has 0 fully saturated rings. The Morgan fingerprint density at radius 3 is 2.04 bits per heavy atom. The highest BCUT2D eigenvalue weighted by molar-refractivity contribution is 5.62. The zero-order chi connectivity index (χ0) is 18.5. The molecule has 134 valence electrons. The molecule has 0 aliphatic heterocycles. The van der Waals surface area contributed by atoms with Gasteiger partial charge >= 0.3 is 0 Å². The predicted molar refractivity (Wildman–Crippen MR) is 109 cm³/mol. The van der Waals surface area contributed by atoms with Crippen LogP contribution in [-0.2, 0) is 6.54 Å². The molecule has 0 radical (unpaired) electrons. The fraction of sp³-hybridized carbons (Fsp3) is 0.273. The molecule has 4 nitrogen and oxygen atoms in total. The van der Waals surface area contributed by atoms with E-state index in [0.29, 0.717) is 6.04 Å². The van der Waals surface area contributed by atoms with Gasteiger partial charge in [-0.2, -0.15) is 0 Å². The van der Waals surface area contributed by atoms with Crippen LogP contribution in [0.4, 0.5) is 17.3 Å². The first-order valence-electron chi connectivity index (χ1n) is 8.99. The van der Waals surface area contributed by atoms with Crippen molar-refractivity contribution in [1.29, 1.82) is 0 Å². The van der Waals surface area contributed by atoms with E-state index in [-0.39, 0.29) is 0 Å². The summed E-state index contributed by atoms with van der Waals surface area (Å²) < 4.78 is 0. The lowest BCUT2D eigenvalue weighted by Crippen LogP contribution is -2.31. The lowest BCUT2D eigenvalue weighted by atomic mass is 10.2. The number of aryl methyl sites for hydroxylation is 1. The summed E-state index contributed by atoms with van der Waals surface area (Å²) in [6.45, 7) is 7.16. The second-order valence-corrected chi connectivity index (χ2v) is 6.73. The van der Waals surface area contributed by atoms with Crippen molar-refractivity contribution in [1.82, 2.24) is 9.97 Å². The summed E-state index contributed by atoms with van der Waals surface area (Å²) in [6, 6.07) is 23.2. The summed E-state index contributed by atoms with van der Waals surface area (Å²) >= 11 is 0. The van der Waals surface area contributed by atoms with E-state index in [2.05, 4.69) is 71.1 Å². The molecule has 2 aromatic carbocycles. The van der Waals surface area contributed by atoms with Crippen LogP contribution >= 0.6 is 0 Å². The number of hydrogen-bond donors (Lipinski definition) is 0. The zero-order valence-electron chi connectivity index (χ0n) is 15.9. The van der Waals surface area contributed by atoms with Gasteiger partial charge in [0.25, 0.3) is 0 Å². The molecule has 1 aromatic heterocycles. The Labute approximate surface area is 156 Å². The van der Waals surface area contributed by atoms with Gasteiger partial charge in [0, 0.05) is 31.4 Å². The van der Waals surface area contributed by atoms with E-state index in [1.165, 1.54) is 5.56 Å². The summed E-state index contributed by atoms with van der Waals surface area (Å²) in [7, 11) is 2.04. The van der Waals surface area contributed by atoms with Crippen LogP contribution in [0.1, 0.15) is 25.2 Å². The predicted octanol–water partition coefficient (Wildman–Crippen LogP) is 4.97. The van der Waals surface area contributed by atoms with Gasteiger partial charge in [0.2, 0.25) is 0 Å². The Morgan fingerprint density at radius 1 is 0.846 bits per heavy atom. The van der Waals surface area contributed by atoms with Crippen LogP contribution in [0.25, 0.3) is 0 Å². The van der Waals surface area contributed by atoms with Crippen molar-refractivity contribution in [3.05, 3.63) is 78.1 Å². The van der Waals surface area contributed by atoms with Crippen molar-refractivity contribution in [2.75, 3.05) is 16.8 Å². The molecule has 0 bridgehead atoms. The topological polar surface area (TPSA) is 32.3 Å². The largest absolute Gasteiger partial charge is 0.350 e. The Hall–Kier alpha value is -2.88. The molecule has 0 N–H and O–H groups in total. The Bertz CT molecular complexity index is 831. The van der Waals surface area contributed by atoms with Crippen molar-refractivity contribution in [2.45, 2.75) is 33.4 Å². The molecule has 0 aliphatic carbocycles. The monoisotopic (exact) mass is 346 g/mol. The van der Waals surface area contributed by atoms with Crippen molar-refractivity contribution in [3.63, 3.8) is 0 Å². The second kappa shape index (κ2) is 8.00. The van der Waals surface area contributed by atoms with E-state index in [9.17, 15) is 0 Å². The Kier molecular flexibility index (Phi) is 5.52. The Balaban J connectivity index is 1.94. The lowest BCUT2D eigenvalue weighted by molar-refractivity contribution is 0.669. The molecule has 1 heterocycles. The number of hydrogen-bond acceptors (Lipinski definition) is 4. The minimum absolute atomic E-state index is 0.333. The summed E-state index contributed by atoms with van der Waals surface area (Å²) in [5, 5.41) is 0. The number of nitrogens with zero attached hydrogens (tertiary/aromatic N) is 4. The average Bonchev–Trinajstić information content (AvgIpc) is 2.66. The smallest absolute Gasteiger partial charge is 0.138 e. The zero-order valence-corrected chi connectivity index (χ0v) is 15.9. The normalized spacial score (nSPS) is 10.8. The van der Waals surface area contributed by atoms with Gasteiger partial charge in [-0.15, -0.1) is 0 Å². The first-order valence-corrected chi connectivity index (χ1v) is 8.99. The molecular formula is C22H26N4. The van der Waals surface area contributed by atoms with Crippen LogP contribution < -0.4 is 9.80 Å². The summed E-state index contributed by atoms with van der Waals surface area (Å²) in [5.41, 5.74) is 2.38. The molecule has 4 heteroatoms. The van der Waals surface area contributed by atoms with Crippen LogP contribution in [-0.4, -0.2) is 23.1 Å². The third-order valence-corrected chi connectivity index (χ3v) is 4.41. The molecule has 0 saturated carbocycles. The SMILES string of the molecule is Cc1nc(N(C)c2ccccc2)cc(N(Cc2ccccc2)C(C)C)n1. The van der Waals surface area contributed by atoms with Gasteiger partial charge in [0.05, 0.1) is 0 Å². The summed E-state index contributed by atoms with van der Waals surface area (Å²) in [4.78, 5) is 13.8. The first kappa shape index (κ1) is 17.9. The molecule has 0 aliphatic rings. The van der Waals surface area contributed by atoms with Gasteiger partial charge in [-0.1, -0.05) is 48.5 Å². The second-order valence-electron chi connectivity index (χ2n) is 6.73. The maximum atomic E-state index is 4.72. The van der Waals surface area contributed by atoms with Crippen LogP contribution in [0.3, 0.4) is 0 Å². The average molecular weight is 346 g/mol. The number of rotatable bonds is 6. The van der Waals surface area contributed by atoms with E-state index >= 15 is 0 Å². The molecule has 0 amide bonds.